The van der Waals surface area contributed by atoms with Crippen molar-refractivity contribution in [3.63, 3.8) is 0 Å². The molecule has 0 aliphatic carbocycles. The lowest BCUT2D eigenvalue weighted by atomic mass is 10.1. The summed E-state index contributed by atoms with van der Waals surface area (Å²) in [6, 6.07) is 10.9. The van der Waals surface area contributed by atoms with Crippen molar-refractivity contribution in [1.82, 2.24) is 0 Å². The highest BCUT2D eigenvalue weighted by molar-refractivity contribution is 5.82. The van der Waals surface area contributed by atoms with E-state index in [1.54, 1.807) is 30.3 Å². The largest absolute Gasteiger partial charge is 0.465 e. The lowest BCUT2D eigenvalue weighted by Crippen LogP contribution is -2.24. The molecule has 1 unspecified atom stereocenters. The first-order valence-electron chi connectivity index (χ1n) is 8.30. The fourth-order valence-corrected chi connectivity index (χ4v) is 2.97. The Labute approximate surface area is 143 Å². The molecule has 0 saturated carbocycles. The number of ether oxygens (including phenoxy) is 2. The molecular weight excluding hydrogens is 323 g/mol. The van der Waals surface area contributed by atoms with Crippen molar-refractivity contribution in [2.45, 2.75) is 25.6 Å². The highest BCUT2D eigenvalue weighted by atomic mass is 19.1. The first-order valence-corrected chi connectivity index (χ1v) is 8.30. The van der Waals surface area contributed by atoms with E-state index in [1.807, 2.05) is 0 Å². The molecule has 2 heterocycles. The van der Waals surface area contributed by atoms with Gasteiger partial charge in [0.05, 0.1) is 17.6 Å². The fourth-order valence-electron chi connectivity index (χ4n) is 2.97. The van der Waals surface area contributed by atoms with Crippen molar-refractivity contribution < 1.29 is 18.3 Å². The van der Waals surface area contributed by atoms with E-state index in [4.69, 9.17) is 13.9 Å². The van der Waals surface area contributed by atoms with Crippen molar-refractivity contribution in [3.05, 3.63) is 64.8 Å². The zero-order valence-electron chi connectivity index (χ0n) is 13.5. The first kappa shape index (κ1) is 15.8. The third-order valence-electron chi connectivity index (χ3n) is 4.31. The molecule has 4 nitrogen and oxygen atoms in total. The fraction of sp³-hybridized carbons (Fsp3) is 0.250. The number of hydrogen-bond donors (Lipinski definition) is 0. The van der Waals surface area contributed by atoms with Gasteiger partial charge in [-0.1, -0.05) is 12.1 Å². The van der Waals surface area contributed by atoms with E-state index in [9.17, 15) is 9.18 Å². The van der Waals surface area contributed by atoms with Crippen LogP contribution in [0.15, 0.2) is 57.9 Å². The lowest BCUT2D eigenvalue weighted by Gasteiger charge is -2.23. The number of hydrogen-bond acceptors (Lipinski definition) is 4. The molecule has 1 atom stereocenters. The van der Waals surface area contributed by atoms with Crippen LogP contribution in [0.3, 0.4) is 0 Å². The number of halogens is 1. The summed E-state index contributed by atoms with van der Waals surface area (Å²) in [6.07, 6.45) is 4.13. The Hall–Kier alpha value is -2.66. The Balaban J connectivity index is 1.67. The average Bonchev–Trinajstić information content (AvgIpc) is 2.64. The first-order chi connectivity index (χ1) is 12.2. The third-order valence-corrected chi connectivity index (χ3v) is 4.31. The Morgan fingerprint density at radius 1 is 1.08 bits per heavy atom. The van der Waals surface area contributed by atoms with Gasteiger partial charge in [-0.3, -0.25) is 4.79 Å². The molecule has 0 bridgehead atoms. The summed E-state index contributed by atoms with van der Waals surface area (Å²) in [5.41, 5.74) is 1.31. The molecule has 1 aliphatic rings. The summed E-state index contributed by atoms with van der Waals surface area (Å²) in [7, 11) is 0. The van der Waals surface area contributed by atoms with Gasteiger partial charge in [-0.2, -0.15) is 0 Å². The van der Waals surface area contributed by atoms with Gasteiger partial charge in [0.1, 0.15) is 23.4 Å². The highest BCUT2D eigenvalue weighted by Crippen LogP contribution is 2.25. The average molecular weight is 340 g/mol. The van der Waals surface area contributed by atoms with Crippen LogP contribution < -0.4 is 10.2 Å². The Morgan fingerprint density at radius 3 is 2.68 bits per heavy atom. The minimum atomic E-state index is -0.347. The molecule has 1 aromatic heterocycles. The van der Waals surface area contributed by atoms with Crippen molar-refractivity contribution in [3.8, 4) is 16.9 Å². The van der Waals surface area contributed by atoms with Gasteiger partial charge in [0.25, 0.3) is 0 Å². The van der Waals surface area contributed by atoms with E-state index in [-0.39, 0.29) is 17.5 Å². The molecule has 5 heteroatoms. The summed E-state index contributed by atoms with van der Waals surface area (Å²) < 4.78 is 30.1. The third kappa shape index (κ3) is 3.28. The topological polar surface area (TPSA) is 48.7 Å². The second-order valence-electron chi connectivity index (χ2n) is 6.06. The summed E-state index contributed by atoms with van der Waals surface area (Å²) >= 11 is 0. The zero-order chi connectivity index (χ0) is 17.2. The maximum absolute atomic E-state index is 13.1. The van der Waals surface area contributed by atoms with Gasteiger partial charge in [0, 0.05) is 12.5 Å². The molecule has 1 saturated heterocycles. The molecule has 0 amide bonds. The summed E-state index contributed by atoms with van der Waals surface area (Å²) in [6.45, 7) is 0.703. The van der Waals surface area contributed by atoms with Crippen LogP contribution in [0.5, 0.6) is 5.75 Å². The van der Waals surface area contributed by atoms with Gasteiger partial charge in [-0.05, 0) is 42.7 Å². The maximum Gasteiger partial charge on any atom is 0.200 e. The van der Waals surface area contributed by atoms with Gasteiger partial charge < -0.3 is 13.9 Å². The monoisotopic (exact) mass is 340 g/mol. The molecule has 0 N–H and O–H groups in total. The van der Waals surface area contributed by atoms with Gasteiger partial charge in [0.15, 0.2) is 11.7 Å². The number of fused-ring (bicyclic) bond motifs is 1. The summed E-state index contributed by atoms with van der Waals surface area (Å²) in [5, 5.41) is 0.457. The Bertz CT molecular complexity index is 940. The second-order valence-corrected chi connectivity index (χ2v) is 6.06. The van der Waals surface area contributed by atoms with Crippen molar-refractivity contribution >= 4 is 11.0 Å². The molecule has 0 spiro atoms. The van der Waals surface area contributed by atoms with Gasteiger partial charge in [0.2, 0.25) is 0 Å². The minimum Gasteiger partial charge on any atom is -0.465 e. The van der Waals surface area contributed by atoms with Crippen LogP contribution in [0, 0.1) is 5.82 Å². The second kappa shape index (κ2) is 6.69. The van der Waals surface area contributed by atoms with Crippen molar-refractivity contribution in [2.24, 2.45) is 0 Å². The van der Waals surface area contributed by atoms with Crippen molar-refractivity contribution in [2.75, 3.05) is 6.61 Å². The Kier molecular flexibility index (Phi) is 4.24. The van der Waals surface area contributed by atoms with Gasteiger partial charge in [-0.25, -0.2) is 4.39 Å². The van der Waals surface area contributed by atoms with Crippen LogP contribution >= 0.6 is 0 Å². The quantitative estimate of drug-likeness (QED) is 0.704. The molecule has 25 heavy (non-hydrogen) atoms. The van der Waals surface area contributed by atoms with Crippen LogP contribution in [0.1, 0.15) is 19.3 Å². The standard InChI is InChI=1S/C20H17FO4/c21-14-6-4-13(5-7-14)17-12-24-18-11-15(8-9-16(18)20(17)22)25-19-3-1-2-10-23-19/h4-9,11-12,19H,1-3,10H2. The predicted molar refractivity (Wildman–Crippen MR) is 92.1 cm³/mol. The summed E-state index contributed by atoms with van der Waals surface area (Å²) in [5.74, 6) is 0.262. The van der Waals surface area contributed by atoms with Gasteiger partial charge in [-0.15, -0.1) is 0 Å². The molecule has 3 aromatic rings. The van der Waals surface area contributed by atoms with E-state index < -0.39 is 0 Å². The Morgan fingerprint density at radius 2 is 1.92 bits per heavy atom. The van der Waals surface area contributed by atoms with E-state index in [1.165, 1.54) is 18.4 Å². The van der Waals surface area contributed by atoms with Crippen LogP contribution in [-0.2, 0) is 4.74 Å². The van der Waals surface area contributed by atoms with Crippen LogP contribution in [0.2, 0.25) is 0 Å². The predicted octanol–water partition coefficient (Wildman–Crippen LogP) is 4.50. The maximum atomic E-state index is 13.1. The van der Waals surface area contributed by atoms with Gasteiger partial charge >= 0.3 is 0 Å². The van der Waals surface area contributed by atoms with E-state index >= 15 is 0 Å². The molecule has 0 radical (unpaired) electrons. The molecule has 128 valence electrons. The molecule has 1 aliphatic heterocycles. The lowest BCUT2D eigenvalue weighted by molar-refractivity contribution is -0.105. The normalized spacial score (nSPS) is 17.6. The van der Waals surface area contributed by atoms with Crippen LogP contribution in [0.4, 0.5) is 4.39 Å². The molecule has 1 fully saturated rings. The highest BCUT2D eigenvalue weighted by Gasteiger charge is 2.16. The summed E-state index contributed by atoms with van der Waals surface area (Å²) in [4.78, 5) is 12.7. The number of benzene rings is 2. The van der Waals surface area contributed by atoms with Crippen molar-refractivity contribution in [1.29, 1.82) is 0 Å². The molecular formula is C20H17FO4. The van der Waals surface area contributed by atoms with E-state index in [0.717, 1.165) is 19.3 Å². The van der Waals surface area contributed by atoms with Crippen LogP contribution in [-0.4, -0.2) is 12.9 Å². The molecule has 4 rings (SSSR count). The number of rotatable bonds is 3. The molecule has 2 aromatic carbocycles. The van der Waals surface area contributed by atoms with E-state index in [0.29, 0.717) is 34.5 Å². The van der Waals surface area contributed by atoms with E-state index in [2.05, 4.69) is 0 Å². The SMILES string of the molecule is O=c1c(-c2ccc(F)cc2)coc2cc(OC3CCCCO3)ccc12. The smallest absolute Gasteiger partial charge is 0.200 e. The zero-order valence-corrected chi connectivity index (χ0v) is 13.5. The van der Waals surface area contributed by atoms with Crippen LogP contribution in [0.25, 0.3) is 22.1 Å². The minimum absolute atomic E-state index is 0.159.